The van der Waals surface area contributed by atoms with Crippen LogP contribution in [0.2, 0.25) is 0 Å². The van der Waals surface area contributed by atoms with Crippen LogP contribution in [0.15, 0.2) is 30.3 Å². The molecule has 0 spiro atoms. The Hall–Kier alpha value is -2.25. The number of Topliss-reactive ketones (excluding diaryl/α,β-unsaturated/α-hetero) is 1. The van der Waals surface area contributed by atoms with Gasteiger partial charge >= 0.3 is 0 Å². The molecular weight excluding hydrogens is 336 g/mol. The van der Waals surface area contributed by atoms with E-state index in [0.29, 0.717) is 25.2 Å². The minimum Gasteiger partial charge on any atom is -0.379 e. The number of nitrogens with one attached hydrogen (secondary N) is 1. The Kier molecular flexibility index (Phi) is 7.74. The maximum atomic E-state index is 12.2. The molecular formula is C19H26N2O5. The number of carbonyl (C=O) groups excluding carboxylic acids is 3. The third kappa shape index (κ3) is 6.24. The van der Waals surface area contributed by atoms with E-state index in [1.54, 1.807) is 38.4 Å². The number of carbonyl (C=O) groups is 3. The van der Waals surface area contributed by atoms with E-state index in [1.807, 2.05) is 6.07 Å². The molecule has 1 fully saturated rings. The molecule has 1 aliphatic heterocycles. The van der Waals surface area contributed by atoms with E-state index in [9.17, 15) is 14.4 Å². The van der Waals surface area contributed by atoms with Gasteiger partial charge in [0.25, 0.3) is 0 Å². The van der Waals surface area contributed by atoms with Crippen molar-refractivity contribution < 1.29 is 23.9 Å². The monoisotopic (exact) mass is 362 g/mol. The Morgan fingerprint density at radius 3 is 2.62 bits per heavy atom. The highest BCUT2D eigenvalue weighted by Crippen LogP contribution is 2.13. The third-order valence-corrected chi connectivity index (χ3v) is 4.23. The number of ether oxygens (including phenoxy) is 2. The van der Waals surface area contributed by atoms with Crippen LogP contribution in [0.5, 0.6) is 0 Å². The van der Waals surface area contributed by atoms with Gasteiger partial charge in [0.1, 0.15) is 6.61 Å². The van der Waals surface area contributed by atoms with E-state index in [2.05, 4.69) is 5.32 Å². The highest BCUT2D eigenvalue weighted by atomic mass is 16.5. The van der Waals surface area contributed by atoms with Crippen molar-refractivity contribution in [3.8, 4) is 0 Å². The van der Waals surface area contributed by atoms with Gasteiger partial charge in [0.15, 0.2) is 5.78 Å². The first-order valence-electron chi connectivity index (χ1n) is 8.74. The summed E-state index contributed by atoms with van der Waals surface area (Å²) in [6.07, 6.45) is 0.581. The molecule has 0 aromatic heterocycles. The Morgan fingerprint density at radius 2 is 1.92 bits per heavy atom. The van der Waals surface area contributed by atoms with Crippen molar-refractivity contribution in [2.24, 2.45) is 0 Å². The predicted molar refractivity (Wildman–Crippen MR) is 95.8 cm³/mol. The van der Waals surface area contributed by atoms with Crippen LogP contribution >= 0.6 is 0 Å². The predicted octanol–water partition coefficient (Wildman–Crippen LogP) is 1.03. The summed E-state index contributed by atoms with van der Waals surface area (Å²) in [5.74, 6) is -0.419. The lowest BCUT2D eigenvalue weighted by molar-refractivity contribution is -0.140. The standard InChI is InChI=1S/C19H26N2O5/c1-21(2)19(24)13-26-17-10-11-25-12-15(17)20-18(23)9-8-16(22)14-6-4-3-5-7-14/h3-7,15,17H,8-13H2,1-2H3,(H,20,23)/t15-,17+/m1/s1. The largest absolute Gasteiger partial charge is 0.379 e. The van der Waals surface area contributed by atoms with Crippen LogP contribution in [0.25, 0.3) is 0 Å². The lowest BCUT2D eigenvalue weighted by Crippen LogP contribution is -2.51. The Morgan fingerprint density at radius 1 is 1.19 bits per heavy atom. The van der Waals surface area contributed by atoms with Crippen molar-refractivity contribution in [3.63, 3.8) is 0 Å². The molecule has 1 heterocycles. The van der Waals surface area contributed by atoms with E-state index in [-0.39, 0.29) is 49.2 Å². The smallest absolute Gasteiger partial charge is 0.248 e. The van der Waals surface area contributed by atoms with Crippen molar-refractivity contribution in [3.05, 3.63) is 35.9 Å². The highest BCUT2D eigenvalue weighted by molar-refractivity contribution is 5.97. The van der Waals surface area contributed by atoms with Crippen LogP contribution in [0, 0.1) is 0 Å². The number of hydrogen-bond donors (Lipinski definition) is 1. The lowest BCUT2D eigenvalue weighted by Gasteiger charge is -2.32. The van der Waals surface area contributed by atoms with Crippen molar-refractivity contribution >= 4 is 17.6 Å². The van der Waals surface area contributed by atoms with E-state index >= 15 is 0 Å². The van der Waals surface area contributed by atoms with E-state index < -0.39 is 0 Å². The molecule has 1 aromatic carbocycles. The summed E-state index contributed by atoms with van der Waals surface area (Å²) in [6, 6.07) is 8.58. The first kappa shape index (κ1) is 20.1. The normalized spacial score (nSPS) is 19.6. The van der Waals surface area contributed by atoms with Crippen LogP contribution in [0.4, 0.5) is 0 Å². The minimum atomic E-state index is -0.321. The molecule has 2 rings (SSSR count). The van der Waals surface area contributed by atoms with Gasteiger partial charge in [-0.05, 0) is 6.42 Å². The molecule has 1 aliphatic rings. The van der Waals surface area contributed by atoms with Gasteiger partial charge in [-0.1, -0.05) is 30.3 Å². The summed E-state index contributed by atoms with van der Waals surface area (Å²) in [4.78, 5) is 37.4. The average molecular weight is 362 g/mol. The van der Waals surface area contributed by atoms with Gasteiger partial charge < -0.3 is 19.7 Å². The molecule has 0 unspecified atom stereocenters. The SMILES string of the molecule is CN(C)C(=O)CO[C@H]1CCOC[C@H]1NC(=O)CCC(=O)c1ccccc1. The summed E-state index contributed by atoms with van der Waals surface area (Å²) in [6.45, 7) is 0.829. The van der Waals surface area contributed by atoms with Crippen molar-refractivity contribution in [2.75, 3.05) is 33.9 Å². The van der Waals surface area contributed by atoms with E-state index in [4.69, 9.17) is 9.47 Å². The van der Waals surface area contributed by atoms with E-state index in [1.165, 1.54) is 4.90 Å². The number of hydrogen-bond acceptors (Lipinski definition) is 5. The van der Waals surface area contributed by atoms with Gasteiger partial charge in [-0.15, -0.1) is 0 Å². The van der Waals surface area contributed by atoms with Crippen molar-refractivity contribution in [2.45, 2.75) is 31.4 Å². The van der Waals surface area contributed by atoms with Gasteiger partial charge in [0, 0.05) is 39.1 Å². The minimum absolute atomic E-state index is 0.0312. The number of likely N-dealkylation sites (N-methyl/N-ethyl adjacent to an activating group) is 1. The quantitative estimate of drug-likeness (QED) is 0.698. The molecule has 142 valence electrons. The molecule has 2 atom stereocenters. The maximum absolute atomic E-state index is 12.2. The van der Waals surface area contributed by atoms with Gasteiger partial charge in [0.05, 0.1) is 18.8 Å². The molecule has 7 nitrogen and oxygen atoms in total. The number of rotatable bonds is 8. The first-order chi connectivity index (χ1) is 12.5. The average Bonchev–Trinajstić information content (AvgIpc) is 2.65. The molecule has 0 radical (unpaired) electrons. The molecule has 1 aromatic rings. The Balaban J connectivity index is 1.79. The van der Waals surface area contributed by atoms with Gasteiger partial charge in [-0.25, -0.2) is 0 Å². The zero-order valence-electron chi connectivity index (χ0n) is 15.3. The molecule has 0 saturated carbocycles. The third-order valence-electron chi connectivity index (χ3n) is 4.23. The second-order valence-corrected chi connectivity index (χ2v) is 6.46. The molecule has 1 saturated heterocycles. The Labute approximate surface area is 153 Å². The van der Waals surface area contributed by atoms with Crippen LogP contribution in [0.3, 0.4) is 0 Å². The first-order valence-corrected chi connectivity index (χ1v) is 8.74. The summed E-state index contributed by atoms with van der Waals surface area (Å²) < 4.78 is 11.1. The van der Waals surface area contributed by atoms with Crippen molar-refractivity contribution in [1.82, 2.24) is 10.2 Å². The lowest BCUT2D eigenvalue weighted by atomic mass is 10.0. The summed E-state index contributed by atoms with van der Waals surface area (Å²) in [5.41, 5.74) is 0.602. The van der Waals surface area contributed by atoms with Gasteiger partial charge in [0.2, 0.25) is 11.8 Å². The number of amides is 2. The topological polar surface area (TPSA) is 84.9 Å². The highest BCUT2D eigenvalue weighted by Gasteiger charge is 2.28. The fraction of sp³-hybridized carbons (Fsp3) is 0.526. The zero-order chi connectivity index (χ0) is 18.9. The van der Waals surface area contributed by atoms with Gasteiger partial charge in [-0.2, -0.15) is 0 Å². The molecule has 1 N–H and O–H groups in total. The maximum Gasteiger partial charge on any atom is 0.248 e. The van der Waals surface area contributed by atoms with Crippen molar-refractivity contribution in [1.29, 1.82) is 0 Å². The van der Waals surface area contributed by atoms with Crippen LogP contribution in [0.1, 0.15) is 29.6 Å². The zero-order valence-corrected chi connectivity index (χ0v) is 15.3. The fourth-order valence-electron chi connectivity index (χ4n) is 2.63. The summed E-state index contributed by atoms with van der Waals surface area (Å²) in [7, 11) is 3.33. The molecule has 26 heavy (non-hydrogen) atoms. The van der Waals surface area contributed by atoms with Crippen LogP contribution < -0.4 is 5.32 Å². The molecule has 0 bridgehead atoms. The number of ketones is 1. The second kappa shape index (κ2) is 10.0. The fourth-order valence-corrected chi connectivity index (χ4v) is 2.63. The number of nitrogens with zero attached hydrogens (tertiary/aromatic N) is 1. The summed E-state index contributed by atoms with van der Waals surface area (Å²) >= 11 is 0. The summed E-state index contributed by atoms with van der Waals surface area (Å²) in [5, 5.41) is 2.86. The van der Waals surface area contributed by atoms with Gasteiger partial charge in [-0.3, -0.25) is 14.4 Å². The number of benzene rings is 1. The van der Waals surface area contributed by atoms with Crippen LogP contribution in [-0.2, 0) is 19.1 Å². The Bertz CT molecular complexity index is 618. The van der Waals surface area contributed by atoms with Crippen LogP contribution in [-0.4, -0.2) is 68.6 Å². The molecule has 7 heteroatoms. The molecule has 0 aliphatic carbocycles. The molecule has 2 amide bonds. The second-order valence-electron chi connectivity index (χ2n) is 6.46. The van der Waals surface area contributed by atoms with E-state index in [0.717, 1.165) is 0 Å².